The molecule has 1 atom stereocenters. The summed E-state index contributed by atoms with van der Waals surface area (Å²) in [6.07, 6.45) is 3.95. The predicted molar refractivity (Wildman–Crippen MR) is 54.3 cm³/mol. The fraction of sp³-hybridized carbons (Fsp3) is 0.222. The lowest BCUT2D eigenvalue weighted by atomic mass is 10.3. The third-order valence-corrected chi connectivity index (χ3v) is 2.45. The average molecular weight is 193 g/mol. The summed E-state index contributed by atoms with van der Waals surface area (Å²) >= 11 is 1.62. The molecule has 0 fully saturated rings. The minimum absolute atomic E-state index is 0.249. The van der Waals surface area contributed by atoms with Crippen LogP contribution < -0.4 is 5.43 Å². The Kier molecular flexibility index (Phi) is 2.31. The topological polar surface area (TPSA) is 29.9 Å². The maximum absolute atomic E-state index is 4.24. The molecule has 0 bridgehead atoms. The molecule has 13 heavy (non-hydrogen) atoms. The second-order valence-corrected chi connectivity index (χ2v) is 3.57. The molecule has 3 nitrogen and oxygen atoms in total. The lowest BCUT2D eigenvalue weighted by Crippen LogP contribution is -2.16. The monoisotopic (exact) mass is 193 g/mol. The van der Waals surface area contributed by atoms with Crippen LogP contribution in [0.1, 0.15) is 18.7 Å². The largest absolute Gasteiger partial charge is 0.318 e. The summed E-state index contributed by atoms with van der Waals surface area (Å²) < 4.78 is 1.93. The molecule has 0 saturated heterocycles. The highest BCUT2D eigenvalue weighted by atomic mass is 32.1. The van der Waals surface area contributed by atoms with E-state index < -0.39 is 0 Å². The maximum Gasteiger partial charge on any atom is 0.0824 e. The molecule has 0 radical (unpaired) electrons. The fourth-order valence-corrected chi connectivity index (χ4v) is 1.79. The zero-order valence-electron chi connectivity index (χ0n) is 7.34. The van der Waals surface area contributed by atoms with Crippen LogP contribution in [0, 0.1) is 0 Å². The second kappa shape index (κ2) is 3.62. The first-order valence-electron chi connectivity index (χ1n) is 4.14. The van der Waals surface area contributed by atoms with Crippen LogP contribution in [0.25, 0.3) is 0 Å². The van der Waals surface area contributed by atoms with Crippen LogP contribution in [0.3, 0.4) is 0 Å². The van der Waals surface area contributed by atoms with Crippen LogP contribution in [0.2, 0.25) is 0 Å². The van der Waals surface area contributed by atoms with Gasteiger partial charge < -0.3 is 5.43 Å². The molecule has 4 heteroatoms. The van der Waals surface area contributed by atoms with Crippen molar-refractivity contribution in [2.24, 2.45) is 0 Å². The summed E-state index contributed by atoms with van der Waals surface area (Å²) in [5, 5.41) is 2.06. The standard InChI is InChI=1S/C9H11N3S/c1-8(9-6-13-7-10-9)11-12-4-2-3-5-12/h2-8,11H,1H3. The minimum atomic E-state index is 0.249. The summed E-state index contributed by atoms with van der Waals surface area (Å²) in [6, 6.07) is 4.22. The van der Waals surface area contributed by atoms with Crippen LogP contribution >= 0.6 is 11.3 Å². The summed E-state index contributed by atoms with van der Waals surface area (Å²) in [7, 11) is 0. The van der Waals surface area contributed by atoms with E-state index in [-0.39, 0.29) is 6.04 Å². The Bertz CT molecular complexity index is 339. The van der Waals surface area contributed by atoms with E-state index in [1.807, 2.05) is 34.7 Å². The van der Waals surface area contributed by atoms with E-state index in [0.29, 0.717) is 0 Å². The van der Waals surface area contributed by atoms with E-state index in [9.17, 15) is 0 Å². The van der Waals surface area contributed by atoms with Crippen molar-refractivity contribution in [2.75, 3.05) is 5.43 Å². The molecule has 0 aromatic carbocycles. The predicted octanol–water partition coefficient (Wildman–Crippen LogP) is 2.25. The minimum Gasteiger partial charge on any atom is -0.318 e. The summed E-state index contributed by atoms with van der Waals surface area (Å²) in [5.74, 6) is 0. The maximum atomic E-state index is 4.24. The Morgan fingerprint density at radius 2 is 2.23 bits per heavy atom. The first-order valence-corrected chi connectivity index (χ1v) is 5.08. The third kappa shape index (κ3) is 1.89. The lowest BCUT2D eigenvalue weighted by molar-refractivity contribution is 0.713. The van der Waals surface area contributed by atoms with Gasteiger partial charge in [0.2, 0.25) is 0 Å². The highest BCUT2D eigenvalue weighted by molar-refractivity contribution is 7.07. The van der Waals surface area contributed by atoms with E-state index in [1.165, 1.54) is 0 Å². The third-order valence-electron chi connectivity index (χ3n) is 1.84. The van der Waals surface area contributed by atoms with E-state index in [1.54, 1.807) is 11.3 Å². The fourth-order valence-electron chi connectivity index (χ4n) is 1.15. The first kappa shape index (κ1) is 8.31. The van der Waals surface area contributed by atoms with Crippen LogP contribution in [0.4, 0.5) is 0 Å². The zero-order valence-corrected chi connectivity index (χ0v) is 8.16. The molecule has 2 aromatic heterocycles. The van der Waals surface area contributed by atoms with Gasteiger partial charge in [-0.25, -0.2) is 4.98 Å². The normalized spacial score (nSPS) is 12.7. The Hall–Kier alpha value is -1.29. The van der Waals surface area contributed by atoms with E-state index in [2.05, 4.69) is 22.7 Å². The van der Waals surface area contributed by atoms with Crippen molar-refractivity contribution in [3.05, 3.63) is 41.1 Å². The van der Waals surface area contributed by atoms with Gasteiger partial charge >= 0.3 is 0 Å². The molecule has 0 aliphatic rings. The molecule has 0 spiro atoms. The smallest absolute Gasteiger partial charge is 0.0824 e. The molecule has 0 saturated carbocycles. The SMILES string of the molecule is CC(Nn1cccc1)c1cscn1. The summed E-state index contributed by atoms with van der Waals surface area (Å²) in [6.45, 7) is 2.09. The van der Waals surface area contributed by atoms with Crippen molar-refractivity contribution in [2.45, 2.75) is 13.0 Å². The number of nitrogens with zero attached hydrogens (tertiary/aromatic N) is 2. The summed E-state index contributed by atoms with van der Waals surface area (Å²) in [5.41, 5.74) is 6.22. The number of nitrogens with one attached hydrogen (secondary N) is 1. The van der Waals surface area contributed by atoms with Gasteiger partial charge in [0, 0.05) is 17.8 Å². The van der Waals surface area contributed by atoms with Crippen molar-refractivity contribution in [1.82, 2.24) is 9.66 Å². The van der Waals surface area contributed by atoms with Gasteiger partial charge in [-0.05, 0) is 19.1 Å². The molecule has 2 heterocycles. The molecule has 2 rings (SSSR count). The van der Waals surface area contributed by atoms with Gasteiger partial charge in [0.1, 0.15) is 0 Å². The molecular weight excluding hydrogens is 182 g/mol. The number of hydrogen-bond donors (Lipinski definition) is 1. The molecule has 1 N–H and O–H groups in total. The first-order chi connectivity index (χ1) is 6.36. The van der Waals surface area contributed by atoms with Gasteiger partial charge in [0.25, 0.3) is 0 Å². The number of rotatable bonds is 3. The average Bonchev–Trinajstić information content (AvgIpc) is 2.74. The molecule has 0 aliphatic heterocycles. The van der Waals surface area contributed by atoms with Crippen LogP contribution in [-0.2, 0) is 0 Å². The number of aromatic nitrogens is 2. The molecule has 0 aliphatic carbocycles. The van der Waals surface area contributed by atoms with Crippen molar-refractivity contribution in [3.8, 4) is 0 Å². The lowest BCUT2D eigenvalue weighted by Gasteiger charge is -2.13. The second-order valence-electron chi connectivity index (χ2n) is 2.85. The quantitative estimate of drug-likeness (QED) is 0.810. The van der Waals surface area contributed by atoms with Gasteiger partial charge in [-0.15, -0.1) is 11.3 Å². The van der Waals surface area contributed by atoms with Crippen molar-refractivity contribution in [1.29, 1.82) is 0 Å². The van der Waals surface area contributed by atoms with Crippen LogP contribution in [0.5, 0.6) is 0 Å². The Morgan fingerprint density at radius 3 is 2.85 bits per heavy atom. The van der Waals surface area contributed by atoms with Crippen molar-refractivity contribution >= 4 is 11.3 Å². The van der Waals surface area contributed by atoms with Crippen LogP contribution in [0.15, 0.2) is 35.4 Å². The van der Waals surface area contributed by atoms with E-state index in [0.717, 1.165) is 5.69 Å². The molecule has 2 aromatic rings. The van der Waals surface area contributed by atoms with Crippen molar-refractivity contribution < 1.29 is 0 Å². The van der Waals surface area contributed by atoms with Gasteiger partial charge in [0.05, 0.1) is 17.2 Å². The summed E-state index contributed by atoms with van der Waals surface area (Å²) in [4.78, 5) is 4.24. The number of hydrogen-bond acceptors (Lipinski definition) is 3. The molecular formula is C9H11N3S. The number of thiazole rings is 1. The molecule has 1 unspecified atom stereocenters. The van der Waals surface area contributed by atoms with E-state index in [4.69, 9.17) is 0 Å². The molecule has 68 valence electrons. The zero-order chi connectivity index (χ0) is 9.10. The highest BCUT2D eigenvalue weighted by Gasteiger charge is 2.05. The molecule has 0 amide bonds. The van der Waals surface area contributed by atoms with Gasteiger partial charge in [-0.1, -0.05) is 0 Å². The van der Waals surface area contributed by atoms with E-state index >= 15 is 0 Å². The Morgan fingerprint density at radius 1 is 1.46 bits per heavy atom. The van der Waals surface area contributed by atoms with Crippen LogP contribution in [-0.4, -0.2) is 9.66 Å². The Balaban J connectivity index is 2.04. The highest BCUT2D eigenvalue weighted by Crippen LogP contribution is 2.12. The van der Waals surface area contributed by atoms with Gasteiger partial charge in [-0.2, -0.15) is 0 Å². The Labute approximate surface area is 81.0 Å². The van der Waals surface area contributed by atoms with Gasteiger partial charge in [0.15, 0.2) is 0 Å². The van der Waals surface area contributed by atoms with Gasteiger partial charge in [-0.3, -0.25) is 4.68 Å². The van der Waals surface area contributed by atoms with Crippen molar-refractivity contribution in [3.63, 3.8) is 0 Å².